The third-order valence-corrected chi connectivity index (χ3v) is 4.44. The van der Waals surface area contributed by atoms with E-state index in [1.807, 2.05) is 0 Å². The monoisotopic (exact) mass is 306 g/mol. The van der Waals surface area contributed by atoms with Crippen molar-refractivity contribution in [2.45, 2.75) is 38.3 Å². The number of hydrogen-bond acceptors (Lipinski definition) is 3. The van der Waals surface area contributed by atoms with Gasteiger partial charge in [0.25, 0.3) is 0 Å². The van der Waals surface area contributed by atoms with Crippen LogP contribution >= 0.6 is 0 Å². The van der Waals surface area contributed by atoms with Crippen molar-refractivity contribution < 1.29 is 18.7 Å². The van der Waals surface area contributed by atoms with E-state index in [9.17, 15) is 14.0 Å². The van der Waals surface area contributed by atoms with Crippen molar-refractivity contribution in [1.29, 1.82) is 0 Å². The zero-order chi connectivity index (χ0) is 15.7. The van der Waals surface area contributed by atoms with Gasteiger partial charge in [0.2, 0.25) is 0 Å². The maximum absolute atomic E-state index is 12.9. The van der Waals surface area contributed by atoms with Crippen LogP contribution in [0.1, 0.15) is 26.2 Å². The van der Waals surface area contributed by atoms with E-state index in [2.05, 4.69) is 5.32 Å². The van der Waals surface area contributed by atoms with Gasteiger partial charge in [-0.1, -0.05) is 0 Å². The molecule has 1 aliphatic carbocycles. The van der Waals surface area contributed by atoms with Gasteiger partial charge >= 0.3 is 12.0 Å². The molecule has 2 amide bonds. The van der Waals surface area contributed by atoms with Crippen molar-refractivity contribution in [2.24, 2.45) is 5.92 Å². The standard InChI is InChI=1S/C16H19FN2O3/c1-2-22-15(20)14-10-3-8-13(9-10)19(14)16(21)18-12-6-4-11(17)5-7-12/h4-7,10,13-14H,2-3,8-9H2,1H3,(H,18,21)/t10-,13-,14+/m0/s1. The number of piperidine rings is 1. The largest absolute Gasteiger partial charge is 0.464 e. The quantitative estimate of drug-likeness (QED) is 0.874. The summed E-state index contributed by atoms with van der Waals surface area (Å²) in [5, 5.41) is 2.74. The Hall–Kier alpha value is -2.11. The van der Waals surface area contributed by atoms with Crippen LogP contribution in [-0.2, 0) is 9.53 Å². The number of esters is 1. The lowest BCUT2D eigenvalue weighted by molar-refractivity contribution is -0.149. The molecule has 0 spiro atoms. The van der Waals surface area contributed by atoms with Crippen LogP contribution in [0.4, 0.5) is 14.9 Å². The van der Waals surface area contributed by atoms with Crippen molar-refractivity contribution in [3.05, 3.63) is 30.1 Å². The average Bonchev–Trinajstić information content (AvgIpc) is 3.10. The molecular formula is C16H19FN2O3. The number of halogens is 1. The van der Waals surface area contributed by atoms with Crippen LogP contribution in [0.2, 0.25) is 0 Å². The van der Waals surface area contributed by atoms with Gasteiger partial charge in [0, 0.05) is 11.7 Å². The van der Waals surface area contributed by atoms with E-state index in [1.54, 1.807) is 11.8 Å². The first kappa shape index (κ1) is 14.8. The van der Waals surface area contributed by atoms with Crippen LogP contribution in [0, 0.1) is 11.7 Å². The molecule has 3 rings (SSSR count). The highest BCUT2D eigenvalue weighted by atomic mass is 19.1. The minimum absolute atomic E-state index is 0.0832. The molecule has 3 atom stereocenters. The van der Waals surface area contributed by atoms with Crippen LogP contribution in [0.5, 0.6) is 0 Å². The SMILES string of the molecule is CCOC(=O)[C@H]1[C@H]2CC[C@@H](C2)N1C(=O)Nc1ccc(F)cc1. The molecule has 0 radical (unpaired) electrons. The van der Waals surface area contributed by atoms with Crippen molar-refractivity contribution in [3.8, 4) is 0 Å². The zero-order valence-corrected chi connectivity index (χ0v) is 12.4. The molecule has 5 nitrogen and oxygen atoms in total. The molecule has 2 fully saturated rings. The van der Waals surface area contributed by atoms with E-state index >= 15 is 0 Å². The van der Waals surface area contributed by atoms with E-state index in [1.165, 1.54) is 24.3 Å². The topological polar surface area (TPSA) is 58.6 Å². The lowest BCUT2D eigenvalue weighted by Gasteiger charge is -2.33. The molecule has 1 heterocycles. The maximum atomic E-state index is 12.9. The van der Waals surface area contributed by atoms with Crippen molar-refractivity contribution in [2.75, 3.05) is 11.9 Å². The fraction of sp³-hybridized carbons (Fsp3) is 0.500. The number of benzene rings is 1. The fourth-order valence-electron chi connectivity index (χ4n) is 3.53. The number of urea groups is 1. The van der Waals surface area contributed by atoms with Gasteiger partial charge in [-0.2, -0.15) is 0 Å². The molecule has 2 aliphatic rings. The summed E-state index contributed by atoms with van der Waals surface area (Å²) in [6.45, 7) is 2.06. The summed E-state index contributed by atoms with van der Waals surface area (Å²) in [7, 11) is 0. The molecule has 22 heavy (non-hydrogen) atoms. The number of likely N-dealkylation sites (tertiary alicyclic amines) is 1. The van der Waals surface area contributed by atoms with Crippen LogP contribution in [-0.4, -0.2) is 35.6 Å². The van der Waals surface area contributed by atoms with Crippen LogP contribution in [0.15, 0.2) is 24.3 Å². The Bertz CT molecular complexity index is 575. The van der Waals surface area contributed by atoms with Gasteiger partial charge in [0.1, 0.15) is 11.9 Å². The summed E-state index contributed by atoms with van der Waals surface area (Å²) in [6.07, 6.45) is 2.71. The predicted octanol–water partition coefficient (Wildman–Crippen LogP) is 2.77. The highest BCUT2D eigenvalue weighted by molar-refractivity contribution is 5.93. The molecule has 1 saturated heterocycles. The number of ether oxygens (including phenoxy) is 1. The van der Waals surface area contributed by atoms with E-state index in [0.717, 1.165) is 19.3 Å². The fourth-order valence-corrected chi connectivity index (χ4v) is 3.53. The van der Waals surface area contributed by atoms with Crippen molar-refractivity contribution >= 4 is 17.7 Å². The Labute approximate surface area is 128 Å². The summed E-state index contributed by atoms with van der Waals surface area (Å²) in [5.74, 6) is -0.505. The van der Waals surface area contributed by atoms with Gasteiger partial charge in [-0.05, 0) is 56.4 Å². The van der Waals surface area contributed by atoms with Gasteiger partial charge in [0.05, 0.1) is 6.61 Å². The number of rotatable bonds is 3. The molecule has 1 aromatic carbocycles. The average molecular weight is 306 g/mol. The molecule has 0 aromatic heterocycles. The Morgan fingerprint density at radius 2 is 2.05 bits per heavy atom. The maximum Gasteiger partial charge on any atom is 0.329 e. The van der Waals surface area contributed by atoms with E-state index < -0.39 is 6.04 Å². The zero-order valence-electron chi connectivity index (χ0n) is 12.4. The number of amides is 2. The van der Waals surface area contributed by atoms with Crippen LogP contribution in [0.25, 0.3) is 0 Å². The lowest BCUT2D eigenvalue weighted by Crippen LogP contribution is -2.51. The minimum atomic E-state index is -0.501. The number of anilines is 1. The minimum Gasteiger partial charge on any atom is -0.464 e. The smallest absolute Gasteiger partial charge is 0.329 e. The third-order valence-electron chi connectivity index (χ3n) is 4.44. The lowest BCUT2D eigenvalue weighted by atomic mass is 9.99. The molecule has 1 aromatic rings. The van der Waals surface area contributed by atoms with Gasteiger partial charge in [-0.15, -0.1) is 0 Å². The van der Waals surface area contributed by atoms with Gasteiger partial charge in [0.15, 0.2) is 0 Å². The Kier molecular flexibility index (Phi) is 4.00. The molecule has 6 heteroatoms. The number of nitrogens with zero attached hydrogens (tertiary/aromatic N) is 1. The molecular weight excluding hydrogens is 287 g/mol. The molecule has 118 valence electrons. The van der Waals surface area contributed by atoms with Crippen LogP contribution < -0.4 is 5.32 Å². The first-order chi connectivity index (χ1) is 10.6. The van der Waals surface area contributed by atoms with Crippen LogP contribution in [0.3, 0.4) is 0 Å². The van der Waals surface area contributed by atoms with Gasteiger partial charge in [-0.25, -0.2) is 14.0 Å². The molecule has 1 aliphatic heterocycles. The van der Waals surface area contributed by atoms with Gasteiger partial charge in [-0.3, -0.25) is 0 Å². The second-order valence-electron chi connectivity index (χ2n) is 5.77. The highest BCUT2D eigenvalue weighted by Gasteiger charge is 2.52. The third kappa shape index (κ3) is 2.65. The first-order valence-corrected chi connectivity index (χ1v) is 7.61. The van der Waals surface area contributed by atoms with E-state index in [0.29, 0.717) is 12.3 Å². The second-order valence-corrected chi connectivity index (χ2v) is 5.77. The van der Waals surface area contributed by atoms with E-state index in [-0.39, 0.29) is 29.8 Å². The van der Waals surface area contributed by atoms with Gasteiger partial charge < -0.3 is 15.0 Å². The summed E-state index contributed by atoms with van der Waals surface area (Å²) < 4.78 is 18.0. The Morgan fingerprint density at radius 3 is 2.73 bits per heavy atom. The number of nitrogens with one attached hydrogen (secondary N) is 1. The number of carbonyl (C=O) groups excluding carboxylic acids is 2. The number of fused-ring (bicyclic) bond motifs is 2. The molecule has 1 N–H and O–H groups in total. The summed E-state index contributed by atoms with van der Waals surface area (Å²) in [5.41, 5.74) is 0.511. The Morgan fingerprint density at radius 1 is 1.32 bits per heavy atom. The number of hydrogen-bond donors (Lipinski definition) is 1. The summed E-state index contributed by atoms with van der Waals surface area (Å²) >= 11 is 0. The predicted molar refractivity (Wildman–Crippen MR) is 78.8 cm³/mol. The highest BCUT2D eigenvalue weighted by Crippen LogP contribution is 2.43. The summed E-state index contributed by atoms with van der Waals surface area (Å²) in [4.78, 5) is 26.3. The second kappa shape index (κ2) is 5.94. The molecule has 0 unspecified atom stereocenters. The van der Waals surface area contributed by atoms with Crippen molar-refractivity contribution in [1.82, 2.24) is 4.90 Å². The van der Waals surface area contributed by atoms with Crippen molar-refractivity contribution in [3.63, 3.8) is 0 Å². The normalized spacial score (nSPS) is 26.1. The first-order valence-electron chi connectivity index (χ1n) is 7.61. The Balaban J connectivity index is 1.74. The van der Waals surface area contributed by atoms with E-state index in [4.69, 9.17) is 4.74 Å². The molecule has 1 saturated carbocycles. The number of carbonyl (C=O) groups is 2. The molecule has 2 bridgehead atoms. The summed E-state index contributed by atoms with van der Waals surface area (Å²) in [6, 6.07) is 4.83.